The lowest BCUT2D eigenvalue weighted by Gasteiger charge is -2.35. The van der Waals surface area contributed by atoms with E-state index in [1.54, 1.807) is 44.7 Å². The first-order valence-electron chi connectivity index (χ1n) is 12.8. The number of anilines is 1. The molecule has 0 heterocycles. The fourth-order valence-corrected chi connectivity index (χ4v) is 5.01. The Bertz CT molecular complexity index is 1150. The van der Waals surface area contributed by atoms with Crippen molar-refractivity contribution in [2.75, 3.05) is 23.9 Å². The number of nitrogens with zero attached hydrogens (tertiary/aromatic N) is 1. The molecule has 0 aliphatic heterocycles. The highest BCUT2D eigenvalue weighted by Crippen LogP contribution is 2.32. The summed E-state index contributed by atoms with van der Waals surface area (Å²) in [6.07, 6.45) is 3.17. The number of aryl methyl sites for hydroxylation is 3. The van der Waals surface area contributed by atoms with E-state index < -0.39 is 35.6 Å². The van der Waals surface area contributed by atoms with Gasteiger partial charge in [0, 0.05) is 6.54 Å². The minimum absolute atomic E-state index is 0.0813. The number of amides is 3. The molecule has 0 aliphatic carbocycles. The number of thioether (sulfide) groups is 1. The summed E-state index contributed by atoms with van der Waals surface area (Å²) in [6.45, 7) is 14.9. The number of hydrogen-bond donors (Lipinski definition) is 2. The number of rotatable bonds is 11. The summed E-state index contributed by atoms with van der Waals surface area (Å²) in [5.74, 6) is -0.208. The summed E-state index contributed by atoms with van der Waals surface area (Å²) in [4.78, 5) is 42.4. The average molecular weight is 574 g/mol. The number of benzene rings is 2. The SMILES string of the molecule is C=CCN(C(=O)C(CCSC)NC(=O)OC(C)(C)C)C(C(=O)Nc1c(C)cccc1Cl)c1c(C)cccc1C. The molecule has 7 nitrogen and oxygen atoms in total. The molecule has 2 atom stereocenters. The number of para-hydroxylation sites is 1. The zero-order valence-corrected chi connectivity index (χ0v) is 25.5. The maximum absolute atomic E-state index is 14.2. The van der Waals surface area contributed by atoms with Crippen molar-refractivity contribution >= 4 is 47.0 Å². The van der Waals surface area contributed by atoms with Gasteiger partial charge in [-0.25, -0.2) is 4.79 Å². The van der Waals surface area contributed by atoms with Crippen LogP contribution in [-0.2, 0) is 14.3 Å². The number of alkyl carbamates (subject to hydrolysis) is 1. The van der Waals surface area contributed by atoms with E-state index in [0.717, 1.165) is 16.7 Å². The van der Waals surface area contributed by atoms with Crippen molar-refractivity contribution in [3.05, 3.63) is 76.3 Å². The Kier molecular flexibility index (Phi) is 11.9. The van der Waals surface area contributed by atoms with E-state index in [9.17, 15) is 14.4 Å². The fraction of sp³-hybridized carbons (Fsp3) is 0.433. The van der Waals surface area contributed by atoms with Crippen LogP contribution in [0.1, 0.15) is 55.5 Å². The zero-order chi connectivity index (χ0) is 29.3. The second kappa shape index (κ2) is 14.4. The van der Waals surface area contributed by atoms with Gasteiger partial charge >= 0.3 is 6.09 Å². The predicted molar refractivity (Wildman–Crippen MR) is 162 cm³/mol. The monoisotopic (exact) mass is 573 g/mol. The van der Waals surface area contributed by atoms with Gasteiger partial charge in [-0.05, 0) is 88.3 Å². The van der Waals surface area contributed by atoms with Crippen LogP contribution in [0.2, 0.25) is 5.02 Å². The molecule has 0 saturated heterocycles. The summed E-state index contributed by atoms with van der Waals surface area (Å²) in [5, 5.41) is 6.10. The maximum Gasteiger partial charge on any atom is 0.408 e. The van der Waals surface area contributed by atoms with E-state index in [-0.39, 0.29) is 6.54 Å². The smallest absolute Gasteiger partial charge is 0.408 e. The summed E-state index contributed by atoms with van der Waals surface area (Å²) >= 11 is 7.99. The highest BCUT2D eigenvalue weighted by Gasteiger charge is 2.37. The van der Waals surface area contributed by atoms with Crippen LogP contribution in [0.4, 0.5) is 10.5 Å². The lowest BCUT2D eigenvalue weighted by atomic mass is 9.93. The van der Waals surface area contributed by atoms with Crippen LogP contribution in [0.3, 0.4) is 0 Å². The quantitative estimate of drug-likeness (QED) is 0.295. The van der Waals surface area contributed by atoms with E-state index >= 15 is 0 Å². The van der Waals surface area contributed by atoms with Crippen molar-refractivity contribution < 1.29 is 19.1 Å². The minimum Gasteiger partial charge on any atom is -0.444 e. The van der Waals surface area contributed by atoms with Gasteiger partial charge in [-0.3, -0.25) is 9.59 Å². The van der Waals surface area contributed by atoms with Crippen molar-refractivity contribution in [2.24, 2.45) is 0 Å². The molecule has 0 aliphatic rings. The number of hydrogen-bond acceptors (Lipinski definition) is 5. The number of carbonyl (C=O) groups excluding carboxylic acids is 3. The van der Waals surface area contributed by atoms with Crippen molar-refractivity contribution in [3.8, 4) is 0 Å². The van der Waals surface area contributed by atoms with Crippen molar-refractivity contribution in [3.63, 3.8) is 0 Å². The lowest BCUT2D eigenvalue weighted by Crippen LogP contribution is -2.52. The van der Waals surface area contributed by atoms with E-state index in [2.05, 4.69) is 17.2 Å². The van der Waals surface area contributed by atoms with Gasteiger partial charge in [0.15, 0.2) is 0 Å². The standard InChI is InChI=1S/C30H40ClN3O4S/c1-9-17-34(28(36)23(16-18-39-8)32-29(37)38-30(5,6)7)26(24-19(2)12-10-13-20(24)3)27(35)33-25-21(4)14-11-15-22(25)31/h9-15,23,26H,1,16-18H2,2-8H3,(H,32,37)(H,33,35). The fourth-order valence-electron chi connectivity index (χ4n) is 4.27. The molecule has 9 heteroatoms. The molecule has 2 aromatic rings. The van der Waals surface area contributed by atoms with E-state index in [4.69, 9.17) is 16.3 Å². The normalized spacial score (nSPS) is 12.7. The lowest BCUT2D eigenvalue weighted by molar-refractivity contribution is -0.140. The first-order chi connectivity index (χ1) is 18.3. The first-order valence-corrected chi connectivity index (χ1v) is 14.6. The summed E-state index contributed by atoms with van der Waals surface area (Å²) < 4.78 is 5.43. The molecule has 2 N–H and O–H groups in total. The van der Waals surface area contributed by atoms with E-state index in [0.29, 0.717) is 28.4 Å². The van der Waals surface area contributed by atoms with Crippen LogP contribution in [-0.4, -0.2) is 53.0 Å². The molecule has 0 spiro atoms. The third-order valence-corrected chi connectivity index (χ3v) is 7.01. The Balaban J connectivity index is 2.60. The van der Waals surface area contributed by atoms with Crippen LogP contribution in [0.15, 0.2) is 49.1 Å². The Labute approximate surface area is 241 Å². The van der Waals surface area contributed by atoms with Crippen molar-refractivity contribution in [1.82, 2.24) is 10.2 Å². The van der Waals surface area contributed by atoms with Crippen LogP contribution in [0, 0.1) is 20.8 Å². The molecule has 2 unspecified atom stereocenters. The Morgan fingerprint density at radius 3 is 2.21 bits per heavy atom. The Morgan fingerprint density at radius 2 is 1.67 bits per heavy atom. The predicted octanol–water partition coefficient (Wildman–Crippen LogP) is 6.61. The Hall–Kier alpha value is -2.97. The van der Waals surface area contributed by atoms with Crippen LogP contribution in [0.25, 0.3) is 0 Å². The van der Waals surface area contributed by atoms with Crippen LogP contribution >= 0.6 is 23.4 Å². The topological polar surface area (TPSA) is 87.7 Å². The van der Waals surface area contributed by atoms with Crippen LogP contribution in [0.5, 0.6) is 0 Å². The number of ether oxygens (including phenoxy) is 1. The molecule has 0 bridgehead atoms. The Morgan fingerprint density at radius 1 is 1.08 bits per heavy atom. The molecular formula is C30H40ClN3O4S. The maximum atomic E-state index is 14.2. The third kappa shape index (κ3) is 9.04. The van der Waals surface area contributed by atoms with Gasteiger partial charge in [-0.1, -0.05) is 48.0 Å². The molecule has 212 valence electrons. The van der Waals surface area contributed by atoms with Crippen molar-refractivity contribution in [2.45, 2.75) is 65.6 Å². The van der Waals surface area contributed by atoms with Gasteiger partial charge in [0.2, 0.25) is 5.91 Å². The van der Waals surface area contributed by atoms with Gasteiger partial charge < -0.3 is 20.3 Å². The van der Waals surface area contributed by atoms with Crippen LogP contribution < -0.4 is 10.6 Å². The van der Waals surface area contributed by atoms with Gasteiger partial charge in [0.05, 0.1) is 10.7 Å². The zero-order valence-electron chi connectivity index (χ0n) is 23.9. The largest absolute Gasteiger partial charge is 0.444 e. The number of halogens is 1. The molecule has 2 rings (SSSR count). The summed E-state index contributed by atoms with van der Waals surface area (Å²) in [6, 6.07) is 9.17. The van der Waals surface area contributed by atoms with Crippen molar-refractivity contribution in [1.29, 1.82) is 0 Å². The summed E-state index contributed by atoms with van der Waals surface area (Å²) in [7, 11) is 0. The number of carbonyl (C=O) groups is 3. The van der Waals surface area contributed by atoms with Gasteiger partial charge in [0.25, 0.3) is 5.91 Å². The van der Waals surface area contributed by atoms with E-state index in [1.165, 1.54) is 4.90 Å². The van der Waals surface area contributed by atoms with Gasteiger partial charge in [-0.2, -0.15) is 11.8 Å². The number of nitrogens with one attached hydrogen (secondary N) is 2. The average Bonchev–Trinajstić information content (AvgIpc) is 2.83. The molecule has 39 heavy (non-hydrogen) atoms. The van der Waals surface area contributed by atoms with Gasteiger partial charge in [-0.15, -0.1) is 6.58 Å². The summed E-state index contributed by atoms with van der Waals surface area (Å²) in [5.41, 5.74) is 2.96. The second-order valence-corrected chi connectivity index (χ2v) is 11.8. The molecule has 0 aromatic heterocycles. The molecule has 0 radical (unpaired) electrons. The highest BCUT2D eigenvalue weighted by atomic mass is 35.5. The second-order valence-electron chi connectivity index (χ2n) is 10.4. The highest BCUT2D eigenvalue weighted by molar-refractivity contribution is 7.98. The molecular weight excluding hydrogens is 534 g/mol. The van der Waals surface area contributed by atoms with Gasteiger partial charge in [0.1, 0.15) is 17.7 Å². The first kappa shape index (κ1) is 32.2. The molecule has 2 aromatic carbocycles. The minimum atomic E-state index is -1.01. The third-order valence-electron chi connectivity index (χ3n) is 6.05. The van der Waals surface area contributed by atoms with E-state index in [1.807, 2.05) is 57.4 Å². The molecule has 0 saturated carbocycles. The molecule has 3 amide bonds. The molecule has 0 fully saturated rings.